The first-order chi connectivity index (χ1) is 17.9. The van der Waals surface area contributed by atoms with Crippen LogP contribution in [-0.2, 0) is 16.4 Å². The summed E-state index contributed by atoms with van der Waals surface area (Å²) in [4.78, 5) is 16.4. The van der Waals surface area contributed by atoms with Gasteiger partial charge in [0.1, 0.15) is 17.4 Å². The van der Waals surface area contributed by atoms with E-state index in [1.807, 2.05) is 31.5 Å². The molecule has 0 N–H and O–H groups in total. The van der Waals surface area contributed by atoms with Crippen molar-refractivity contribution in [2.75, 3.05) is 29.4 Å². The van der Waals surface area contributed by atoms with Crippen molar-refractivity contribution < 1.29 is 13.2 Å². The van der Waals surface area contributed by atoms with Crippen molar-refractivity contribution in [3.05, 3.63) is 77.2 Å². The number of rotatable bonds is 5. The van der Waals surface area contributed by atoms with Gasteiger partial charge in [0, 0.05) is 49.9 Å². The molecule has 10 heteroatoms. The SMILES string of the molecule is CCN1c2ncc(CCOc3cccc4c3C=CS(=O)(=O)N4C)cc2-c2ncc(C)n2-c2cccnc21. The molecule has 0 aliphatic carbocycles. The van der Waals surface area contributed by atoms with Crippen molar-refractivity contribution in [2.45, 2.75) is 20.3 Å². The van der Waals surface area contributed by atoms with E-state index in [0.717, 1.165) is 45.5 Å². The van der Waals surface area contributed by atoms with Gasteiger partial charge in [-0.05, 0) is 55.8 Å². The highest BCUT2D eigenvalue weighted by atomic mass is 32.2. The summed E-state index contributed by atoms with van der Waals surface area (Å²) in [7, 11) is -1.90. The number of pyridine rings is 2. The molecule has 0 saturated carbocycles. The van der Waals surface area contributed by atoms with Gasteiger partial charge in [0.05, 0.1) is 29.0 Å². The summed E-state index contributed by atoms with van der Waals surface area (Å²) in [5, 5.41) is 1.20. The maximum atomic E-state index is 12.2. The molecule has 0 spiro atoms. The largest absolute Gasteiger partial charge is 0.493 e. The van der Waals surface area contributed by atoms with Crippen LogP contribution in [0.3, 0.4) is 0 Å². The maximum Gasteiger partial charge on any atom is 0.257 e. The van der Waals surface area contributed by atoms with Gasteiger partial charge in [-0.1, -0.05) is 6.07 Å². The van der Waals surface area contributed by atoms with Crippen LogP contribution in [0.1, 0.15) is 23.7 Å². The number of hydrogen-bond donors (Lipinski definition) is 0. The first-order valence-corrected chi connectivity index (χ1v) is 13.6. The van der Waals surface area contributed by atoms with Crippen LogP contribution in [-0.4, -0.2) is 48.1 Å². The van der Waals surface area contributed by atoms with Gasteiger partial charge in [0.2, 0.25) is 0 Å². The van der Waals surface area contributed by atoms with Gasteiger partial charge >= 0.3 is 0 Å². The quantitative estimate of drug-likeness (QED) is 0.388. The Morgan fingerprint density at radius 1 is 1.00 bits per heavy atom. The predicted octanol–water partition coefficient (Wildman–Crippen LogP) is 4.48. The van der Waals surface area contributed by atoms with Crippen LogP contribution >= 0.6 is 0 Å². The third kappa shape index (κ3) is 3.75. The minimum atomic E-state index is -3.44. The maximum absolute atomic E-state index is 12.2. The van der Waals surface area contributed by atoms with Crippen LogP contribution in [0, 0.1) is 6.92 Å². The first-order valence-electron chi connectivity index (χ1n) is 12.1. The lowest BCUT2D eigenvalue weighted by atomic mass is 10.1. The van der Waals surface area contributed by atoms with Gasteiger partial charge in [-0.25, -0.2) is 23.4 Å². The highest BCUT2D eigenvalue weighted by Crippen LogP contribution is 2.41. The Kier molecular flexibility index (Phi) is 5.49. The molecule has 0 saturated heterocycles. The Balaban J connectivity index is 1.31. The average molecular weight is 515 g/mol. The van der Waals surface area contributed by atoms with Gasteiger partial charge in [-0.3, -0.25) is 8.87 Å². The van der Waals surface area contributed by atoms with Gasteiger partial charge in [0.25, 0.3) is 10.0 Å². The third-order valence-electron chi connectivity index (χ3n) is 6.76. The van der Waals surface area contributed by atoms with Crippen LogP contribution in [0.2, 0.25) is 0 Å². The second kappa shape index (κ2) is 8.74. The van der Waals surface area contributed by atoms with Crippen molar-refractivity contribution in [2.24, 2.45) is 0 Å². The monoisotopic (exact) mass is 514 g/mol. The highest BCUT2D eigenvalue weighted by molar-refractivity contribution is 7.95. The highest BCUT2D eigenvalue weighted by Gasteiger charge is 2.28. The number of sulfonamides is 1. The molecule has 9 nitrogen and oxygen atoms in total. The van der Waals surface area contributed by atoms with E-state index >= 15 is 0 Å². The van der Waals surface area contributed by atoms with E-state index in [0.29, 0.717) is 31.0 Å². The van der Waals surface area contributed by atoms with E-state index in [1.165, 1.54) is 9.71 Å². The van der Waals surface area contributed by atoms with E-state index < -0.39 is 10.0 Å². The fraction of sp³-hybridized carbons (Fsp3) is 0.222. The molecule has 188 valence electrons. The zero-order valence-electron chi connectivity index (χ0n) is 20.8. The normalized spacial score (nSPS) is 14.9. The Bertz CT molecular complexity index is 1660. The fourth-order valence-electron chi connectivity index (χ4n) is 4.88. The zero-order valence-corrected chi connectivity index (χ0v) is 21.6. The Morgan fingerprint density at radius 2 is 1.84 bits per heavy atom. The number of nitrogens with zero attached hydrogens (tertiary/aromatic N) is 6. The van der Waals surface area contributed by atoms with E-state index in [2.05, 4.69) is 33.5 Å². The number of aromatic nitrogens is 4. The van der Waals surface area contributed by atoms with Crippen molar-refractivity contribution in [1.29, 1.82) is 0 Å². The molecule has 1 aromatic carbocycles. The van der Waals surface area contributed by atoms with Crippen molar-refractivity contribution in [3.8, 4) is 22.8 Å². The topological polar surface area (TPSA) is 93.5 Å². The summed E-state index contributed by atoms with van der Waals surface area (Å²) in [6, 6.07) is 11.5. The second-order valence-corrected chi connectivity index (χ2v) is 10.8. The lowest BCUT2D eigenvalue weighted by molar-refractivity contribution is 0.321. The summed E-state index contributed by atoms with van der Waals surface area (Å²) in [6.07, 6.45) is 7.76. The molecule has 0 radical (unpaired) electrons. The van der Waals surface area contributed by atoms with Crippen LogP contribution in [0.15, 0.2) is 60.4 Å². The molecule has 0 bridgehead atoms. The molecular weight excluding hydrogens is 488 g/mol. The number of anilines is 3. The summed E-state index contributed by atoms with van der Waals surface area (Å²) >= 11 is 0. The number of ether oxygens (including phenoxy) is 1. The standard InChI is InChI=1S/C27H26N6O3S/c1-4-32-25-21(26-29-16-18(2)33(26)23-8-6-12-28-27(23)32)15-19(17-30-25)10-13-36-24-9-5-7-22-20(24)11-14-37(34,35)31(22)3/h5-9,11-12,14-17H,4,10,13H2,1-3H3. The summed E-state index contributed by atoms with van der Waals surface area (Å²) in [6.45, 7) is 5.25. The van der Waals surface area contributed by atoms with E-state index in [1.54, 1.807) is 31.5 Å². The van der Waals surface area contributed by atoms with E-state index in [9.17, 15) is 8.42 Å². The number of imidazole rings is 1. The molecule has 0 amide bonds. The molecule has 37 heavy (non-hydrogen) atoms. The van der Waals surface area contributed by atoms with E-state index in [-0.39, 0.29) is 0 Å². The van der Waals surface area contributed by atoms with Crippen molar-refractivity contribution in [3.63, 3.8) is 0 Å². The molecule has 3 aromatic heterocycles. The third-order valence-corrected chi connectivity index (χ3v) is 8.20. The number of benzene rings is 1. The molecule has 5 heterocycles. The molecule has 0 fully saturated rings. The van der Waals surface area contributed by atoms with Gasteiger partial charge in [-0.15, -0.1) is 0 Å². The minimum Gasteiger partial charge on any atom is -0.493 e. The van der Waals surface area contributed by atoms with Crippen LogP contribution in [0.4, 0.5) is 17.3 Å². The Labute approximate surface area is 215 Å². The molecule has 0 unspecified atom stereocenters. The smallest absolute Gasteiger partial charge is 0.257 e. The summed E-state index contributed by atoms with van der Waals surface area (Å²) in [5.74, 6) is 3.15. The van der Waals surface area contributed by atoms with Crippen LogP contribution in [0.5, 0.6) is 5.75 Å². The van der Waals surface area contributed by atoms with Gasteiger partial charge in [0.15, 0.2) is 5.82 Å². The minimum absolute atomic E-state index is 0.411. The predicted molar refractivity (Wildman–Crippen MR) is 144 cm³/mol. The Morgan fingerprint density at radius 3 is 2.68 bits per heavy atom. The molecule has 2 aliphatic rings. The number of fused-ring (bicyclic) bond motifs is 6. The number of aryl methyl sites for hydroxylation is 1. The first kappa shape index (κ1) is 23.2. The van der Waals surface area contributed by atoms with Crippen LogP contribution < -0.4 is 13.9 Å². The number of hydrogen-bond acceptors (Lipinski definition) is 7. The summed E-state index contributed by atoms with van der Waals surface area (Å²) < 4.78 is 33.9. The second-order valence-electron chi connectivity index (χ2n) is 8.97. The van der Waals surface area contributed by atoms with Crippen LogP contribution in [0.25, 0.3) is 23.2 Å². The molecule has 4 aromatic rings. The van der Waals surface area contributed by atoms with E-state index in [4.69, 9.17) is 14.7 Å². The summed E-state index contributed by atoms with van der Waals surface area (Å²) in [5.41, 5.74) is 5.31. The molecular formula is C27H26N6O3S. The molecule has 0 atom stereocenters. The van der Waals surface area contributed by atoms with Crippen molar-refractivity contribution in [1.82, 2.24) is 19.5 Å². The van der Waals surface area contributed by atoms with Gasteiger partial charge in [-0.2, -0.15) is 0 Å². The Hall–Kier alpha value is -4.18. The van der Waals surface area contributed by atoms with Gasteiger partial charge < -0.3 is 9.64 Å². The fourth-order valence-corrected chi connectivity index (χ4v) is 5.80. The average Bonchev–Trinajstić information content (AvgIpc) is 3.23. The lowest BCUT2D eigenvalue weighted by Crippen LogP contribution is -2.27. The lowest BCUT2D eigenvalue weighted by Gasteiger charge is -2.24. The van der Waals surface area contributed by atoms with Crippen molar-refractivity contribution >= 4 is 33.4 Å². The zero-order chi connectivity index (χ0) is 25.7. The molecule has 6 rings (SSSR count). The molecule has 2 aliphatic heterocycles.